The summed E-state index contributed by atoms with van der Waals surface area (Å²) in [5.41, 5.74) is 16.7. The zero-order valence-corrected chi connectivity index (χ0v) is 27.8. The van der Waals surface area contributed by atoms with Crippen LogP contribution in [0.15, 0.2) is 174 Å². The molecule has 0 spiro atoms. The van der Waals surface area contributed by atoms with Gasteiger partial charge in [-0.1, -0.05) is 133 Å². The predicted molar refractivity (Wildman–Crippen MR) is 213 cm³/mol. The molecule has 232 valence electrons. The Morgan fingerprint density at radius 2 is 0.800 bits per heavy atom. The van der Waals surface area contributed by atoms with Crippen LogP contribution in [0.2, 0.25) is 0 Å². The Balaban J connectivity index is 1.17. The molecule has 0 aliphatic heterocycles. The molecule has 0 unspecified atom stereocenters. The molecule has 0 radical (unpaired) electrons. The van der Waals surface area contributed by atoms with Crippen molar-refractivity contribution in [2.45, 2.75) is 0 Å². The molecule has 0 amide bonds. The quantitative estimate of drug-likeness (QED) is 0.181. The molecule has 0 N–H and O–H groups in total. The molecule has 0 saturated carbocycles. The smallest absolute Gasteiger partial charge is 0.135 e. The first-order chi connectivity index (χ1) is 24.8. The molecule has 0 saturated heterocycles. The molecule has 8 aromatic carbocycles. The van der Waals surface area contributed by atoms with E-state index in [1.165, 1.54) is 86.9 Å². The molecular formula is C48H28OS. The highest BCUT2D eigenvalue weighted by Crippen LogP contribution is 2.50. The Labute approximate surface area is 293 Å². The molecule has 0 atom stereocenters. The molecule has 1 aliphatic carbocycles. The molecule has 50 heavy (non-hydrogen) atoms. The highest BCUT2D eigenvalue weighted by molar-refractivity contribution is 7.26. The monoisotopic (exact) mass is 652 g/mol. The minimum Gasteiger partial charge on any atom is -0.456 e. The van der Waals surface area contributed by atoms with E-state index in [9.17, 15) is 0 Å². The number of benzene rings is 8. The molecule has 10 aromatic rings. The molecule has 2 aromatic heterocycles. The van der Waals surface area contributed by atoms with Gasteiger partial charge in [0.1, 0.15) is 11.2 Å². The summed E-state index contributed by atoms with van der Waals surface area (Å²) >= 11 is 1.89. The number of thiophene rings is 1. The second kappa shape index (κ2) is 10.6. The maximum Gasteiger partial charge on any atom is 0.135 e. The van der Waals surface area contributed by atoms with Crippen LogP contribution in [0.3, 0.4) is 0 Å². The van der Waals surface area contributed by atoms with Gasteiger partial charge in [0.05, 0.1) is 0 Å². The van der Waals surface area contributed by atoms with Gasteiger partial charge in [-0.25, -0.2) is 0 Å². The van der Waals surface area contributed by atoms with Gasteiger partial charge in [0.15, 0.2) is 0 Å². The van der Waals surface area contributed by atoms with Crippen molar-refractivity contribution in [1.29, 1.82) is 0 Å². The van der Waals surface area contributed by atoms with Gasteiger partial charge in [-0.3, -0.25) is 0 Å². The summed E-state index contributed by atoms with van der Waals surface area (Å²) in [4.78, 5) is 0. The third kappa shape index (κ3) is 4.06. The second-order valence-corrected chi connectivity index (χ2v) is 14.3. The van der Waals surface area contributed by atoms with E-state index in [1.54, 1.807) is 0 Å². The molecule has 1 nitrogen and oxygen atoms in total. The predicted octanol–water partition coefficient (Wildman–Crippen LogP) is 14.3. The van der Waals surface area contributed by atoms with Crippen molar-refractivity contribution < 1.29 is 4.42 Å². The molecule has 0 fully saturated rings. The summed E-state index contributed by atoms with van der Waals surface area (Å²) in [6.07, 6.45) is 0. The van der Waals surface area contributed by atoms with Crippen LogP contribution in [0, 0.1) is 0 Å². The van der Waals surface area contributed by atoms with Crippen LogP contribution in [0.25, 0.3) is 109 Å². The van der Waals surface area contributed by atoms with Crippen molar-refractivity contribution >= 4 is 53.4 Å². The van der Waals surface area contributed by atoms with Gasteiger partial charge >= 0.3 is 0 Å². The van der Waals surface area contributed by atoms with Crippen LogP contribution in [0.5, 0.6) is 0 Å². The fourth-order valence-corrected chi connectivity index (χ4v) is 9.38. The van der Waals surface area contributed by atoms with Crippen molar-refractivity contribution in [2.24, 2.45) is 0 Å². The zero-order chi connectivity index (χ0) is 32.8. The van der Waals surface area contributed by atoms with Crippen LogP contribution < -0.4 is 0 Å². The van der Waals surface area contributed by atoms with E-state index in [-0.39, 0.29) is 0 Å². The van der Waals surface area contributed by atoms with Gasteiger partial charge in [0.25, 0.3) is 0 Å². The summed E-state index contributed by atoms with van der Waals surface area (Å²) in [5, 5.41) is 4.93. The summed E-state index contributed by atoms with van der Waals surface area (Å²) < 4.78 is 8.84. The Kier molecular flexibility index (Phi) is 5.89. The van der Waals surface area contributed by atoms with Crippen molar-refractivity contribution in [1.82, 2.24) is 0 Å². The van der Waals surface area contributed by atoms with Crippen molar-refractivity contribution in [3.8, 4) is 66.8 Å². The Hall–Kier alpha value is -6.22. The minimum atomic E-state index is 0.915. The van der Waals surface area contributed by atoms with Gasteiger partial charge in [-0.05, 0) is 103 Å². The van der Waals surface area contributed by atoms with Gasteiger partial charge in [0.2, 0.25) is 0 Å². The summed E-state index contributed by atoms with van der Waals surface area (Å²) in [5.74, 6) is 0. The number of hydrogen-bond donors (Lipinski definition) is 0. The first-order valence-electron chi connectivity index (χ1n) is 17.1. The number of hydrogen-bond acceptors (Lipinski definition) is 2. The van der Waals surface area contributed by atoms with Gasteiger partial charge in [-0.2, -0.15) is 0 Å². The van der Waals surface area contributed by atoms with E-state index in [2.05, 4.69) is 158 Å². The number of fused-ring (bicyclic) bond motifs is 14. The highest BCUT2D eigenvalue weighted by atomic mass is 32.1. The van der Waals surface area contributed by atoms with E-state index in [4.69, 9.17) is 4.42 Å². The Bertz CT molecular complexity index is 2990. The molecule has 0 bridgehead atoms. The van der Waals surface area contributed by atoms with Gasteiger partial charge < -0.3 is 4.42 Å². The van der Waals surface area contributed by atoms with E-state index >= 15 is 0 Å². The maximum absolute atomic E-state index is 6.18. The van der Waals surface area contributed by atoms with E-state index in [0.29, 0.717) is 0 Å². The van der Waals surface area contributed by atoms with Crippen LogP contribution in [0.1, 0.15) is 0 Å². The second-order valence-electron chi connectivity index (χ2n) is 13.2. The highest BCUT2D eigenvalue weighted by Gasteiger charge is 2.23. The third-order valence-corrected chi connectivity index (χ3v) is 11.7. The lowest BCUT2D eigenvalue weighted by Gasteiger charge is -2.24. The van der Waals surface area contributed by atoms with Gasteiger partial charge in [-0.15, -0.1) is 11.3 Å². The molecular weight excluding hydrogens is 625 g/mol. The topological polar surface area (TPSA) is 13.1 Å². The standard InChI is InChI=1S/C48H28OS/c1-2-12-35-33(10-1)34-11-3-4-13-36(34)42-26-29(30-22-25-46-44(27-30)39-14-5-7-18-45(39)49-46)20-23-38(42)43-28-31(21-24-37(35)43)32-16-9-17-41-40-15-6-8-19-47(40)50-48(32)41/h1-28H. The number of para-hydroxylation sites is 1. The van der Waals surface area contributed by atoms with E-state index < -0.39 is 0 Å². The van der Waals surface area contributed by atoms with Gasteiger partial charge in [0, 0.05) is 30.9 Å². The number of rotatable bonds is 2. The summed E-state index contributed by atoms with van der Waals surface area (Å²) in [6, 6.07) is 62.3. The minimum absolute atomic E-state index is 0.915. The molecule has 2 heterocycles. The summed E-state index contributed by atoms with van der Waals surface area (Å²) in [7, 11) is 0. The summed E-state index contributed by atoms with van der Waals surface area (Å²) in [6.45, 7) is 0. The number of furan rings is 1. The normalized spacial score (nSPS) is 12.0. The lowest BCUT2D eigenvalue weighted by atomic mass is 9.79. The van der Waals surface area contributed by atoms with E-state index in [1.807, 2.05) is 23.5 Å². The van der Waals surface area contributed by atoms with Crippen molar-refractivity contribution in [2.75, 3.05) is 0 Å². The average Bonchev–Trinajstić information content (AvgIpc) is 3.75. The van der Waals surface area contributed by atoms with Crippen molar-refractivity contribution in [3.63, 3.8) is 0 Å². The van der Waals surface area contributed by atoms with Crippen LogP contribution in [-0.4, -0.2) is 0 Å². The Morgan fingerprint density at radius 3 is 1.58 bits per heavy atom. The fourth-order valence-electron chi connectivity index (χ4n) is 8.14. The van der Waals surface area contributed by atoms with Crippen LogP contribution in [-0.2, 0) is 0 Å². The average molecular weight is 653 g/mol. The molecule has 2 heteroatoms. The zero-order valence-electron chi connectivity index (χ0n) is 27.0. The molecule has 1 aliphatic rings. The first-order valence-corrected chi connectivity index (χ1v) is 17.9. The van der Waals surface area contributed by atoms with E-state index in [0.717, 1.165) is 21.9 Å². The lowest BCUT2D eigenvalue weighted by Crippen LogP contribution is -1.98. The lowest BCUT2D eigenvalue weighted by molar-refractivity contribution is 0.669. The molecule has 11 rings (SSSR count). The Morgan fingerprint density at radius 1 is 0.300 bits per heavy atom. The van der Waals surface area contributed by atoms with Crippen LogP contribution in [0.4, 0.5) is 0 Å². The maximum atomic E-state index is 6.18. The van der Waals surface area contributed by atoms with Crippen LogP contribution >= 0.6 is 11.3 Å². The fraction of sp³-hybridized carbons (Fsp3) is 0. The largest absolute Gasteiger partial charge is 0.456 e. The first kappa shape index (κ1) is 27.7. The third-order valence-electron chi connectivity index (χ3n) is 10.5. The van der Waals surface area contributed by atoms with Crippen molar-refractivity contribution in [3.05, 3.63) is 170 Å². The SMILES string of the molecule is c1ccc2c(c1)-c1ccccc1-c1cc(-c3ccc4oc5ccccc5c4c3)ccc1-c1cc(-c3cccc4c3sc3ccccc34)ccc1-2.